The first-order valence-corrected chi connectivity index (χ1v) is 15.2. The Morgan fingerprint density at radius 1 is 0.271 bits per heavy atom. The molecule has 0 aliphatic heterocycles. The molecule has 0 amide bonds. The second-order valence-electron chi connectivity index (χ2n) is 11.2. The average Bonchev–Trinajstić information content (AvgIpc) is 3.18. The van der Waals surface area contributed by atoms with Crippen molar-refractivity contribution in [2.24, 2.45) is 0 Å². The van der Waals surface area contributed by atoms with Crippen LogP contribution in [-0.4, -0.2) is 15.0 Å². The van der Waals surface area contributed by atoms with Gasteiger partial charge in [-0.3, -0.25) is 0 Å². The van der Waals surface area contributed by atoms with E-state index in [4.69, 9.17) is 0 Å². The molecule has 4 aromatic carbocycles. The number of nitrogens with zero attached hydrogens (tertiary/aromatic N) is 6. The minimum Gasteiger partial charge on any atom is -0.246 e. The summed E-state index contributed by atoms with van der Waals surface area (Å²) in [6.45, 7) is 0. The van der Waals surface area contributed by atoms with Crippen LogP contribution in [0.2, 0.25) is 0 Å². The first-order chi connectivity index (χ1) is 23.6. The lowest BCUT2D eigenvalue weighted by molar-refractivity contribution is 1.26. The molecule has 0 saturated carbocycles. The van der Waals surface area contributed by atoms with Crippen LogP contribution in [0.4, 0.5) is 0 Å². The Hall–Kier alpha value is -7.20. The summed E-state index contributed by atoms with van der Waals surface area (Å²) in [6.07, 6.45) is 4.97. The first-order valence-electron chi connectivity index (χ1n) is 15.2. The highest BCUT2D eigenvalue weighted by molar-refractivity contribution is 5.83. The van der Waals surface area contributed by atoms with Gasteiger partial charge in [0, 0.05) is 18.6 Å². The molecule has 0 fully saturated rings. The van der Waals surface area contributed by atoms with E-state index in [1.807, 2.05) is 18.2 Å². The van der Waals surface area contributed by atoms with Crippen molar-refractivity contribution in [3.8, 4) is 85.0 Å². The van der Waals surface area contributed by atoms with Crippen molar-refractivity contribution in [3.63, 3.8) is 0 Å². The third-order valence-corrected chi connectivity index (χ3v) is 8.21. The molecule has 3 heterocycles. The zero-order chi connectivity index (χ0) is 32.9. The quantitative estimate of drug-likeness (QED) is 0.185. The van der Waals surface area contributed by atoms with Crippen LogP contribution in [0, 0.1) is 34.0 Å². The van der Waals surface area contributed by atoms with Crippen LogP contribution in [0.1, 0.15) is 17.1 Å². The summed E-state index contributed by atoms with van der Waals surface area (Å²) in [6, 6.07) is 49.0. The van der Waals surface area contributed by atoms with Crippen LogP contribution in [0.5, 0.6) is 0 Å². The van der Waals surface area contributed by atoms with Gasteiger partial charge in [0.25, 0.3) is 0 Å². The van der Waals surface area contributed by atoms with Crippen molar-refractivity contribution in [1.29, 1.82) is 15.8 Å². The molecule has 0 atom stereocenters. The molecule has 6 nitrogen and oxygen atoms in total. The van der Waals surface area contributed by atoms with Gasteiger partial charge in [0.15, 0.2) is 0 Å². The van der Waals surface area contributed by atoms with Gasteiger partial charge in [-0.25, -0.2) is 15.0 Å². The molecule has 0 N–H and O–H groups in total. The van der Waals surface area contributed by atoms with Crippen LogP contribution in [0.25, 0.3) is 66.8 Å². The minimum atomic E-state index is 0.384. The van der Waals surface area contributed by atoms with Crippen molar-refractivity contribution in [2.75, 3.05) is 0 Å². The van der Waals surface area contributed by atoms with E-state index in [2.05, 4.69) is 124 Å². The summed E-state index contributed by atoms with van der Waals surface area (Å²) in [5.41, 5.74) is 13.4. The largest absolute Gasteiger partial charge is 0.246 e. The van der Waals surface area contributed by atoms with E-state index in [0.29, 0.717) is 17.1 Å². The Bertz CT molecular complexity index is 2120. The van der Waals surface area contributed by atoms with Gasteiger partial charge in [0.05, 0.1) is 0 Å². The lowest BCUT2D eigenvalue weighted by Gasteiger charge is -2.13. The maximum Gasteiger partial charge on any atom is 0.141 e. The zero-order valence-electron chi connectivity index (χ0n) is 25.5. The average molecular weight is 613 g/mol. The highest BCUT2D eigenvalue weighted by Crippen LogP contribution is 2.35. The van der Waals surface area contributed by atoms with Gasteiger partial charge in [0.2, 0.25) is 0 Å². The molecular weight excluding hydrogens is 589 g/mol. The van der Waals surface area contributed by atoms with Crippen molar-refractivity contribution in [1.82, 2.24) is 15.0 Å². The van der Waals surface area contributed by atoms with E-state index in [1.165, 1.54) is 0 Å². The number of aromatic nitrogens is 3. The number of hydrogen-bond acceptors (Lipinski definition) is 6. The third kappa shape index (κ3) is 6.17. The summed E-state index contributed by atoms with van der Waals surface area (Å²) < 4.78 is 0. The fourth-order valence-electron chi connectivity index (χ4n) is 5.71. The van der Waals surface area contributed by atoms with Gasteiger partial charge in [-0.2, -0.15) is 15.8 Å². The van der Waals surface area contributed by atoms with Crippen LogP contribution in [0.15, 0.2) is 146 Å². The molecule has 0 aliphatic carbocycles. The predicted octanol–water partition coefficient (Wildman–Crippen LogP) is 9.49. The molecule has 0 bridgehead atoms. The Labute approximate surface area is 278 Å². The normalized spacial score (nSPS) is 10.4. The van der Waals surface area contributed by atoms with Gasteiger partial charge in [-0.1, -0.05) is 72.8 Å². The van der Waals surface area contributed by atoms with Crippen molar-refractivity contribution >= 4 is 0 Å². The van der Waals surface area contributed by atoms with E-state index < -0.39 is 0 Å². The van der Waals surface area contributed by atoms with E-state index in [1.54, 1.807) is 36.8 Å². The van der Waals surface area contributed by atoms with Crippen LogP contribution in [0.3, 0.4) is 0 Å². The monoisotopic (exact) mass is 612 g/mol. The highest BCUT2D eigenvalue weighted by Gasteiger charge is 2.10. The molecule has 7 rings (SSSR count). The SMILES string of the molecule is N#Cc1cc(-c2ccc(-c3cc(-c4ccc(-c5ccnc(C#N)c5)cc4)cc(-c4ccc(-c5ccnc(C#N)c5)cc4)c3)cc2)ccn1. The molecule has 6 heteroatoms. The van der Waals surface area contributed by atoms with E-state index >= 15 is 0 Å². The third-order valence-electron chi connectivity index (χ3n) is 8.21. The van der Waals surface area contributed by atoms with Crippen molar-refractivity contribution < 1.29 is 0 Å². The Kier molecular flexibility index (Phi) is 8.01. The molecule has 0 spiro atoms. The van der Waals surface area contributed by atoms with E-state index in [-0.39, 0.29) is 0 Å². The molecule has 3 aromatic heterocycles. The summed E-state index contributed by atoms with van der Waals surface area (Å²) in [5.74, 6) is 0. The fraction of sp³-hybridized carbons (Fsp3) is 0. The number of pyridine rings is 3. The summed E-state index contributed by atoms with van der Waals surface area (Å²) in [4.78, 5) is 12.3. The number of nitriles is 3. The molecule has 0 saturated heterocycles. The van der Waals surface area contributed by atoms with Crippen molar-refractivity contribution in [3.05, 3.63) is 163 Å². The smallest absolute Gasteiger partial charge is 0.141 e. The maximum absolute atomic E-state index is 9.29. The van der Waals surface area contributed by atoms with Gasteiger partial charge >= 0.3 is 0 Å². The van der Waals surface area contributed by atoms with E-state index in [0.717, 1.165) is 66.8 Å². The van der Waals surface area contributed by atoms with Crippen LogP contribution < -0.4 is 0 Å². The van der Waals surface area contributed by atoms with Gasteiger partial charge < -0.3 is 0 Å². The number of rotatable bonds is 6. The number of hydrogen-bond donors (Lipinski definition) is 0. The second-order valence-corrected chi connectivity index (χ2v) is 11.2. The highest BCUT2D eigenvalue weighted by atomic mass is 14.7. The summed E-state index contributed by atoms with van der Waals surface area (Å²) >= 11 is 0. The van der Waals surface area contributed by atoms with Crippen molar-refractivity contribution in [2.45, 2.75) is 0 Å². The topological polar surface area (TPSA) is 110 Å². The maximum atomic E-state index is 9.29. The lowest BCUT2D eigenvalue weighted by Crippen LogP contribution is -1.89. The Morgan fingerprint density at radius 2 is 0.500 bits per heavy atom. The Morgan fingerprint density at radius 3 is 0.729 bits per heavy atom. The van der Waals surface area contributed by atoms with Gasteiger partial charge in [-0.15, -0.1) is 0 Å². The first kappa shape index (κ1) is 29.5. The molecule has 48 heavy (non-hydrogen) atoms. The molecular formula is C42H24N6. The fourth-order valence-corrected chi connectivity index (χ4v) is 5.71. The zero-order valence-corrected chi connectivity index (χ0v) is 25.5. The van der Waals surface area contributed by atoms with Gasteiger partial charge in [-0.05, 0) is 121 Å². The van der Waals surface area contributed by atoms with Gasteiger partial charge in [0.1, 0.15) is 35.3 Å². The molecule has 7 aromatic rings. The summed E-state index contributed by atoms with van der Waals surface area (Å²) in [7, 11) is 0. The molecule has 222 valence electrons. The van der Waals surface area contributed by atoms with Crippen LogP contribution >= 0.6 is 0 Å². The minimum absolute atomic E-state index is 0.384. The predicted molar refractivity (Wildman–Crippen MR) is 187 cm³/mol. The molecule has 0 aliphatic rings. The van der Waals surface area contributed by atoms with Crippen LogP contribution in [-0.2, 0) is 0 Å². The Balaban J connectivity index is 1.28. The lowest BCUT2D eigenvalue weighted by atomic mass is 9.91. The molecule has 0 unspecified atom stereocenters. The standard InChI is InChI=1S/C42H24N6/c43-25-40-22-34(13-16-46-40)28-1-7-31(8-2-28)37-19-38(32-9-3-29(4-10-32)35-14-17-47-41(23-35)26-44)21-39(20-37)33-11-5-30(6-12-33)36-15-18-48-42(24-36)27-45/h1-24H. The molecule has 0 radical (unpaired) electrons. The van der Waals surface area contributed by atoms with E-state index in [9.17, 15) is 15.8 Å². The summed E-state index contributed by atoms with van der Waals surface area (Å²) in [5, 5.41) is 27.9. The number of benzene rings is 4. The second kappa shape index (κ2) is 13.0.